The topological polar surface area (TPSA) is 26.3 Å². The van der Waals surface area contributed by atoms with E-state index in [1.54, 1.807) is 0 Å². The number of esters is 1. The summed E-state index contributed by atoms with van der Waals surface area (Å²) in [4.78, 5) is 10.9. The first kappa shape index (κ1) is 11.8. The monoisotopic (exact) mass is 206 g/mol. The Balaban J connectivity index is 3.08. The molecule has 1 rings (SSSR count). The normalized spacial score (nSPS) is 12.3. The predicted molar refractivity (Wildman–Crippen MR) is 60.8 cm³/mol. The van der Waals surface area contributed by atoms with Crippen molar-refractivity contribution in [2.45, 2.75) is 40.7 Å². The minimum absolute atomic E-state index is 0.164. The summed E-state index contributed by atoms with van der Waals surface area (Å²) in [5, 5.41) is 0. The summed E-state index contributed by atoms with van der Waals surface area (Å²) >= 11 is 0. The van der Waals surface area contributed by atoms with Gasteiger partial charge < -0.3 is 4.74 Å². The van der Waals surface area contributed by atoms with Gasteiger partial charge in [0.2, 0.25) is 0 Å². The molecule has 0 bridgehead atoms. The Bertz CT molecular complexity index is 357. The third kappa shape index (κ3) is 2.82. The van der Waals surface area contributed by atoms with E-state index in [0.29, 0.717) is 0 Å². The van der Waals surface area contributed by atoms with Crippen LogP contribution >= 0.6 is 0 Å². The standard InChI is InChI=1S/C13H18O2/c1-8-6-9(2)13(10(3)7-8)11(4)15-12(5)14/h6-7,11H,1-5H3. The third-order valence-electron chi connectivity index (χ3n) is 2.49. The summed E-state index contributed by atoms with van der Waals surface area (Å²) in [5.74, 6) is -0.234. The molecule has 0 saturated heterocycles. The number of benzene rings is 1. The summed E-state index contributed by atoms with van der Waals surface area (Å²) in [6, 6.07) is 4.23. The summed E-state index contributed by atoms with van der Waals surface area (Å²) in [7, 11) is 0. The van der Waals surface area contributed by atoms with Gasteiger partial charge in [-0.1, -0.05) is 17.7 Å². The second-order valence-corrected chi connectivity index (χ2v) is 4.06. The molecule has 1 unspecified atom stereocenters. The molecule has 0 radical (unpaired) electrons. The molecule has 1 atom stereocenters. The van der Waals surface area contributed by atoms with Crippen molar-refractivity contribution < 1.29 is 9.53 Å². The highest BCUT2D eigenvalue weighted by Gasteiger charge is 2.14. The molecule has 2 nitrogen and oxygen atoms in total. The van der Waals surface area contributed by atoms with E-state index in [9.17, 15) is 4.79 Å². The number of ether oxygens (including phenoxy) is 1. The average Bonchev–Trinajstić information content (AvgIpc) is 1.99. The Morgan fingerprint density at radius 3 is 2.07 bits per heavy atom. The maximum Gasteiger partial charge on any atom is 0.303 e. The molecule has 0 amide bonds. The smallest absolute Gasteiger partial charge is 0.303 e. The summed E-state index contributed by atoms with van der Waals surface area (Å²) < 4.78 is 5.20. The summed E-state index contributed by atoms with van der Waals surface area (Å²) in [6.45, 7) is 9.52. The van der Waals surface area contributed by atoms with E-state index in [2.05, 4.69) is 32.9 Å². The second-order valence-electron chi connectivity index (χ2n) is 4.06. The van der Waals surface area contributed by atoms with Crippen LogP contribution in [0.2, 0.25) is 0 Å². The Hall–Kier alpha value is -1.31. The van der Waals surface area contributed by atoms with Crippen molar-refractivity contribution in [3.8, 4) is 0 Å². The first-order valence-corrected chi connectivity index (χ1v) is 5.16. The summed E-state index contributed by atoms with van der Waals surface area (Å²) in [5.41, 5.74) is 4.72. The van der Waals surface area contributed by atoms with Crippen LogP contribution < -0.4 is 0 Å². The molecule has 15 heavy (non-hydrogen) atoms. The van der Waals surface area contributed by atoms with Crippen LogP contribution in [0.4, 0.5) is 0 Å². The van der Waals surface area contributed by atoms with Gasteiger partial charge in [0.05, 0.1) is 0 Å². The second kappa shape index (κ2) is 4.47. The first-order valence-electron chi connectivity index (χ1n) is 5.16. The van der Waals surface area contributed by atoms with Gasteiger partial charge in [-0.3, -0.25) is 4.79 Å². The van der Waals surface area contributed by atoms with Gasteiger partial charge in [0.1, 0.15) is 6.10 Å². The van der Waals surface area contributed by atoms with E-state index in [0.717, 1.165) is 5.56 Å². The van der Waals surface area contributed by atoms with Crippen LogP contribution in [-0.4, -0.2) is 5.97 Å². The molecule has 2 heteroatoms. The zero-order valence-corrected chi connectivity index (χ0v) is 10.0. The van der Waals surface area contributed by atoms with Gasteiger partial charge in [-0.25, -0.2) is 0 Å². The molecule has 0 fully saturated rings. The van der Waals surface area contributed by atoms with Crippen molar-refractivity contribution in [1.29, 1.82) is 0 Å². The lowest BCUT2D eigenvalue weighted by molar-refractivity contribution is -0.145. The van der Waals surface area contributed by atoms with Crippen LogP contribution in [0.15, 0.2) is 12.1 Å². The van der Waals surface area contributed by atoms with Gasteiger partial charge in [0.15, 0.2) is 0 Å². The number of hydrogen-bond donors (Lipinski definition) is 0. The van der Waals surface area contributed by atoms with Crippen molar-refractivity contribution >= 4 is 5.97 Å². The molecule has 0 aliphatic carbocycles. The van der Waals surface area contributed by atoms with E-state index in [-0.39, 0.29) is 12.1 Å². The molecule has 1 aromatic carbocycles. The van der Waals surface area contributed by atoms with E-state index in [4.69, 9.17) is 4.74 Å². The molecule has 0 aliphatic rings. The minimum Gasteiger partial charge on any atom is -0.458 e. The number of rotatable bonds is 2. The number of hydrogen-bond acceptors (Lipinski definition) is 2. The van der Waals surface area contributed by atoms with Gasteiger partial charge in [0, 0.05) is 6.92 Å². The van der Waals surface area contributed by atoms with Gasteiger partial charge in [-0.05, 0) is 44.4 Å². The lowest BCUT2D eigenvalue weighted by atomic mass is 9.96. The van der Waals surface area contributed by atoms with Crippen LogP contribution in [-0.2, 0) is 9.53 Å². The van der Waals surface area contributed by atoms with E-state index >= 15 is 0 Å². The number of carbonyl (C=O) groups excluding carboxylic acids is 1. The lowest BCUT2D eigenvalue weighted by Gasteiger charge is -2.18. The summed E-state index contributed by atoms with van der Waals surface area (Å²) in [6.07, 6.45) is -0.164. The molecule has 0 aromatic heterocycles. The maximum atomic E-state index is 10.9. The van der Waals surface area contributed by atoms with E-state index in [1.807, 2.05) is 6.92 Å². The zero-order valence-electron chi connectivity index (χ0n) is 10.0. The minimum atomic E-state index is -0.234. The Morgan fingerprint density at radius 1 is 1.20 bits per heavy atom. The van der Waals surface area contributed by atoms with Crippen LogP contribution in [0.5, 0.6) is 0 Å². The van der Waals surface area contributed by atoms with Crippen LogP contribution in [0.1, 0.15) is 42.2 Å². The van der Waals surface area contributed by atoms with Crippen LogP contribution in [0, 0.1) is 20.8 Å². The predicted octanol–water partition coefficient (Wildman–Crippen LogP) is 3.24. The van der Waals surface area contributed by atoms with Crippen molar-refractivity contribution in [3.05, 3.63) is 34.4 Å². The maximum absolute atomic E-state index is 10.9. The highest BCUT2D eigenvalue weighted by Crippen LogP contribution is 2.25. The largest absolute Gasteiger partial charge is 0.458 e. The van der Waals surface area contributed by atoms with Crippen molar-refractivity contribution in [2.24, 2.45) is 0 Å². The van der Waals surface area contributed by atoms with Crippen LogP contribution in [0.3, 0.4) is 0 Å². The first-order chi connectivity index (χ1) is 6.91. The molecule has 0 heterocycles. The van der Waals surface area contributed by atoms with Gasteiger partial charge in [-0.15, -0.1) is 0 Å². The molecule has 0 N–H and O–H groups in total. The number of aryl methyl sites for hydroxylation is 3. The molecular weight excluding hydrogens is 188 g/mol. The van der Waals surface area contributed by atoms with Gasteiger partial charge in [0.25, 0.3) is 0 Å². The Morgan fingerprint density at radius 2 is 1.67 bits per heavy atom. The highest BCUT2D eigenvalue weighted by molar-refractivity contribution is 5.66. The SMILES string of the molecule is CC(=O)OC(C)c1c(C)cc(C)cc1C. The van der Waals surface area contributed by atoms with E-state index < -0.39 is 0 Å². The molecule has 0 saturated carbocycles. The van der Waals surface area contributed by atoms with Crippen molar-refractivity contribution in [3.63, 3.8) is 0 Å². The molecule has 82 valence electrons. The molecular formula is C13H18O2. The fraction of sp³-hybridized carbons (Fsp3) is 0.462. The van der Waals surface area contributed by atoms with Crippen LogP contribution in [0.25, 0.3) is 0 Å². The molecule has 0 aliphatic heterocycles. The fourth-order valence-electron chi connectivity index (χ4n) is 2.14. The Labute approximate surface area is 91.3 Å². The third-order valence-corrected chi connectivity index (χ3v) is 2.49. The van der Waals surface area contributed by atoms with Gasteiger partial charge >= 0.3 is 5.97 Å². The highest BCUT2D eigenvalue weighted by atomic mass is 16.5. The quantitative estimate of drug-likeness (QED) is 0.694. The fourth-order valence-corrected chi connectivity index (χ4v) is 2.14. The van der Waals surface area contributed by atoms with Crippen molar-refractivity contribution in [1.82, 2.24) is 0 Å². The lowest BCUT2D eigenvalue weighted by Crippen LogP contribution is -2.08. The van der Waals surface area contributed by atoms with E-state index in [1.165, 1.54) is 23.6 Å². The average molecular weight is 206 g/mol. The molecule has 1 aromatic rings. The Kier molecular flexibility index (Phi) is 3.51. The molecule has 0 spiro atoms. The number of carbonyl (C=O) groups is 1. The van der Waals surface area contributed by atoms with Gasteiger partial charge in [-0.2, -0.15) is 0 Å². The van der Waals surface area contributed by atoms with Crippen molar-refractivity contribution in [2.75, 3.05) is 0 Å². The zero-order chi connectivity index (χ0) is 11.6.